The second-order valence-electron chi connectivity index (χ2n) is 8.52. The summed E-state index contributed by atoms with van der Waals surface area (Å²) in [5, 5.41) is 17.2. The fourth-order valence-electron chi connectivity index (χ4n) is 3.95. The van der Waals surface area contributed by atoms with Gasteiger partial charge in [-0.15, -0.1) is 0 Å². The van der Waals surface area contributed by atoms with Crippen molar-refractivity contribution in [2.24, 2.45) is 4.99 Å². The van der Waals surface area contributed by atoms with Crippen molar-refractivity contribution in [3.05, 3.63) is 59.5 Å². The quantitative estimate of drug-likeness (QED) is 0.443. The molecule has 3 rings (SSSR count). The smallest absolute Gasteiger partial charge is 0.191 e. The van der Waals surface area contributed by atoms with Crippen molar-refractivity contribution in [1.82, 2.24) is 15.5 Å². The van der Waals surface area contributed by atoms with E-state index in [9.17, 15) is 5.11 Å². The molecule has 3 atom stereocenters. The number of benzene rings is 1. The molecule has 1 fully saturated rings. The Kier molecular flexibility index (Phi) is 8.12. The summed E-state index contributed by atoms with van der Waals surface area (Å²) < 4.78 is 11.2. The van der Waals surface area contributed by atoms with E-state index < -0.39 is 5.60 Å². The number of hydrogen-bond donors (Lipinski definition) is 3. The van der Waals surface area contributed by atoms with Gasteiger partial charge in [0, 0.05) is 26.2 Å². The van der Waals surface area contributed by atoms with Gasteiger partial charge in [-0.25, -0.2) is 4.99 Å². The maximum Gasteiger partial charge on any atom is 0.191 e. The lowest BCUT2D eigenvalue weighted by Crippen LogP contribution is -2.45. The van der Waals surface area contributed by atoms with Gasteiger partial charge < -0.3 is 24.9 Å². The minimum absolute atomic E-state index is 0.250. The Balaban J connectivity index is 1.65. The Hall–Kier alpha value is -2.35. The van der Waals surface area contributed by atoms with E-state index in [1.807, 2.05) is 6.92 Å². The fourth-order valence-corrected chi connectivity index (χ4v) is 3.95. The molecule has 0 bridgehead atoms. The lowest BCUT2D eigenvalue weighted by molar-refractivity contribution is -0.0705. The van der Waals surface area contributed by atoms with Gasteiger partial charge in [0.15, 0.2) is 5.96 Å². The topological polar surface area (TPSA) is 82.3 Å². The number of aliphatic hydroxyl groups is 1. The molecule has 7 heteroatoms. The van der Waals surface area contributed by atoms with Crippen LogP contribution in [0, 0.1) is 0 Å². The molecule has 2 aromatic rings. The van der Waals surface area contributed by atoms with Crippen LogP contribution in [0.25, 0.3) is 0 Å². The minimum atomic E-state index is -1.12. The van der Waals surface area contributed by atoms with Crippen LogP contribution >= 0.6 is 0 Å². The Morgan fingerprint density at radius 3 is 2.48 bits per heavy atom. The number of morpholine rings is 1. The second-order valence-corrected chi connectivity index (χ2v) is 8.52. The summed E-state index contributed by atoms with van der Waals surface area (Å²) in [6.07, 6.45) is 2.07. The molecule has 7 nitrogen and oxygen atoms in total. The van der Waals surface area contributed by atoms with E-state index in [0.29, 0.717) is 18.3 Å². The van der Waals surface area contributed by atoms with Crippen LogP contribution in [0.2, 0.25) is 0 Å². The molecule has 3 N–H and O–H groups in total. The highest BCUT2D eigenvalue weighted by molar-refractivity contribution is 5.79. The zero-order chi connectivity index (χ0) is 22.3. The van der Waals surface area contributed by atoms with Crippen molar-refractivity contribution < 1.29 is 14.3 Å². The monoisotopic (exact) mass is 428 g/mol. The summed E-state index contributed by atoms with van der Waals surface area (Å²) in [7, 11) is 0. The average Bonchev–Trinajstić information content (AvgIpc) is 3.26. The number of hydrogen-bond acceptors (Lipinski definition) is 5. The lowest BCUT2D eigenvalue weighted by atomic mass is 10.0. The van der Waals surface area contributed by atoms with Crippen LogP contribution in [-0.2, 0) is 23.4 Å². The highest BCUT2D eigenvalue weighted by Gasteiger charge is 2.26. The van der Waals surface area contributed by atoms with Crippen LogP contribution in [0.1, 0.15) is 44.6 Å². The Morgan fingerprint density at radius 1 is 1.13 bits per heavy atom. The third kappa shape index (κ3) is 6.82. The van der Waals surface area contributed by atoms with Crippen molar-refractivity contribution >= 4 is 5.96 Å². The third-order valence-electron chi connectivity index (χ3n) is 5.41. The van der Waals surface area contributed by atoms with Crippen LogP contribution in [-0.4, -0.2) is 54.4 Å². The van der Waals surface area contributed by atoms with Crippen LogP contribution in [0.4, 0.5) is 0 Å². The first-order valence-electron chi connectivity index (χ1n) is 11.1. The molecular weight excluding hydrogens is 392 g/mol. The number of ether oxygens (including phenoxy) is 1. The molecule has 0 amide bonds. The second kappa shape index (κ2) is 10.8. The molecular formula is C24H36N4O3. The summed E-state index contributed by atoms with van der Waals surface area (Å²) in [5.41, 5.74) is 1.36. The van der Waals surface area contributed by atoms with Crippen molar-refractivity contribution in [3.63, 3.8) is 0 Å². The maximum atomic E-state index is 10.7. The van der Waals surface area contributed by atoms with E-state index in [0.717, 1.165) is 26.2 Å². The first-order chi connectivity index (χ1) is 14.9. The zero-order valence-electron chi connectivity index (χ0n) is 19.1. The highest BCUT2D eigenvalue weighted by atomic mass is 16.5. The van der Waals surface area contributed by atoms with E-state index in [1.54, 1.807) is 25.3 Å². The van der Waals surface area contributed by atoms with Gasteiger partial charge in [-0.3, -0.25) is 4.90 Å². The summed E-state index contributed by atoms with van der Waals surface area (Å²) in [4.78, 5) is 7.21. The third-order valence-corrected chi connectivity index (χ3v) is 5.41. The molecule has 1 aromatic heterocycles. The van der Waals surface area contributed by atoms with Crippen LogP contribution in [0.5, 0.6) is 0 Å². The zero-order valence-corrected chi connectivity index (χ0v) is 19.1. The molecule has 3 unspecified atom stereocenters. The first-order valence-corrected chi connectivity index (χ1v) is 11.1. The van der Waals surface area contributed by atoms with Gasteiger partial charge in [0.2, 0.25) is 0 Å². The molecule has 31 heavy (non-hydrogen) atoms. The highest BCUT2D eigenvalue weighted by Crippen LogP contribution is 2.20. The van der Waals surface area contributed by atoms with Crippen molar-refractivity contribution in [2.45, 2.75) is 58.6 Å². The molecule has 1 aromatic carbocycles. The number of aliphatic imine (C=N–C) groups is 1. The predicted molar refractivity (Wildman–Crippen MR) is 123 cm³/mol. The van der Waals surface area contributed by atoms with Gasteiger partial charge in [0.25, 0.3) is 0 Å². The van der Waals surface area contributed by atoms with E-state index >= 15 is 0 Å². The van der Waals surface area contributed by atoms with Crippen LogP contribution in [0.3, 0.4) is 0 Å². The van der Waals surface area contributed by atoms with Gasteiger partial charge in [0.05, 0.1) is 31.6 Å². The van der Waals surface area contributed by atoms with E-state index in [2.05, 4.69) is 53.6 Å². The SMILES string of the molecule is CCNC(=NCc1ccccc1CN1CC(C)OC(C)C1)NCC(C)(O)c1ccco1. The van der Waals surface area contributed by atoms with Crippen molar-refractivity contribution in [3.8, 4) is 0 Å². The standard InChI is InChI=1S/C24H36N4O3/c1-5-25-23(27-17-24(4,29)22-11-8-12-30-22)26-13-20-9-6-7-10-21(20)16-28-14-18(2)31-19(3)15-28/h6-12,18-19,29H,5,13-17H2,1-4H3,(H2,25,26,27). The van der Waals surface area contributed by atoms with Crippen LogP contribution in [0.15, 0.2) is 52.1 Å². The summed E-state index contributed by atoms with van der Waals surface area (Å²) in [6.45, 7) is 12.4. The molecule has 1 aliphatic heterocycles. The lowest BCUT2D eigenvalue weighted by Gasteiger charge is -2.35. The molecule has 170 valence electrons. The molecule has 0 aliphatic carbocycles. The van der Waals surface area contributed by atoms with Crippen LogP contribution < -0.4 is 10.6 Å². The molecule has 1 aliphatic rings. The number of nitrogens with one attached hydrogen (secondary N) is 2. The minimum Gasteiger partial charge on any atom is -0.466 e. The molecule has 0 spiro atoms. The van der Waals surface area contributed by atoms with E-state index in [-0.39, 0.29) is 18.8 Å². The normalized spacial score (nSPS) is 22.2. The van der Waals surface area contributed by atoms with Gasteiger partial charge in [-0.2, -0.15) is 0 Å². The summed E-state index contributed by atoms with van der Waals surface area (Å²) >= 11 is 0. The Bertz CT molecular complexity index is 825. The number of furan rings is 1. The first kappa shape index (κ1) is 23.3. The molecule has 1 saturated heterocycles. The Labute approximate surface area is 185 Å². The summed E-state index contributed by atoms with van der Waals surface area (Å²) in [5.74, 6) is 1.19. The van der Waals surface area contributed by atoms with Gasteiger partial charge in [-0.05, 0) is 51.0 Å². The fraction of sp³-hybridized carbons (Fsp3) is 0.542. The number of rotatable bonds is 8. The average molecular weight is 429 g/mol. The summed E-state index contributed by atoms with van der Waals surface area (Å²) in [6, 6.07) is 12.0. The molecule has 0 radical (unpaired) electrons. The van der Waals surface area contributed by atoms with Crippen molar-refractivity contribution in [2.75, 3.05) is 26.2 Å². The van der Waals surface area contributed by atoms with Gasteiger partial charge >= 0.3 is 0 Å². The van der Waals surface area contributed by atoms with Gasteiger partial charge in [0.1, 0.15) is 11.4 Å². The Morgan fingerprint density at radius 2 is 1.84 bits per heavy atom. The van der Waals surface area contributed by atoms with Gasteiger partial charge in [-0.1, -0.05) is 24.3 Å². The molecule has 2 heterocycles. The largest absolute Gasteiger partial charge is 0.466 e. The predicted octanol–water partition coefficient (Wildman–Crippen LogP) is 2.85. The van der Waals surface area contributed by atoms with Crippen molar-refractivity contribution in [1.29, 1.82) is 0 Å². The van der Waals surface area contributed by atoms with E-state index in [4.69, 9.17) is 14.1 Å². The number of guanidine groups is 1. The molecule has 0 saturated carbocycles. The van der Waals surface area contributed by atoms with E-state index in [1.165, 1.54) is 11.1 Å². The number of nitrogens with zero attached hydrogens (tertiary/aromatic N) is 2. The maximum absolute atomic E-state index is 10.7.